The van der Waals surface area contributed by atoms with Gasteiger partial charge in [0, 0.05) is 0 Å². The van der Waals surface area contributed by atoms with Crippen molar-refractivity contribution in [3.8, 4) is 0 Å². The summed E-state index contributed by atoms with van der Waals surface area (Å²) in [5.74, 6) is -3.13. The summed E-state index contributed by atoms with van der Waals surface area (Å²) < 4.78 is 26.9. The van der Waals surface area contributed by atoms with Crippen LogP contribution < -0.4 is 0 Å². The summed E-state index contributed by atoms with van der Waals surface area (Å²) in [4.78, 5) is 0. The van der Waals surface area contributed by atoms with Crippen LogP contribution in [0.3, 0.4) is 0 Å². The maximum Gasteiger partial charge on any atom is 0.224 e. The number of rotatable bonds is 7. The molecule has 0 aromatic heterocycles. The van der Waals surface area contributed by atoms with Crippen molar-refractivity contribution in [3.63, 3.8) is 0 Å². The Morgan fingerprint density at radius 3 is 1.72 bits per heavy atom. The molecule has 15 nitrogen and oxygen atoms in total. The molecule has 0 bridgehead atoms. The van der Waals surface area contributed by atoms with Gasteiger partial charge in [-0.1, -0.05) is 14.4 Å². The summed E-state index contributed by atoms with van der Waals surface area (Å²) in [5, 5.41) is 101. The van der Waals surface area contributed by atoms with E-state index in [1.54, 1.807) is 6.92 Å². The first-order chi connectivity index (χ1) is 16.3. The van der Waals surface area contributed by atoms with Crippen molar-refractivity contribution < 1.29 is 74.7 Å². The third-order valence-corrected chi connectivity index (χ3v) is 6.66. The number of hydrogen-bond acceptors (Lipinski definition) is 15. The number of ether oxygens (including phenoxy) is 5. The molecule has 36 heavy (non-hydrogen) atoms. The van der Waals surface area contributed by atoms with Gasteiger partial charge >= 0.3 is 0 Å². The molecule has 0 aliphatic carbocycles. The fourth-order valence-electron chi connectivity index (χ4n) is 4.28. The van der Waals surface area contributed by atoms with E-state index in [9.17, 15) is 51.1 Å². The second kappa shape index (κ2) is 12.5. The zero-order valence-corrected chi connectivity index (χ0v) is 19.2. The molecular formula is C21H40O15. The topological polar surface area (TPSA) is 248 Å². The first-order valence-corrected chi connectivity index (χ1v) is 11.4. The minimum absolute atomic E-state index is 0. The van der Waals surface area contributed by atoms with E-state index in [1.807, 2.05) is 0 Å². The van der Waals surface area contributed by atoms with Crippen molar-refractivity contribution in [1.29, 1.82) is 0 Å². The number of aliphatic hydroxyl groups is 10. The SMILES string of the molecule is C.CCC1O[C@@H](OCC2O[C@@H](OCC3O[C@@H](C)C(O)[C@H](O)[C@@H]3O)C(O)C(O)(O)[C@@H]2O)C(O)[C@H](O)[C@@H]1O. The predicted octanol–water partition coefficient (Wildman–Crippen LogP) is -5.13. The summed E-state index contributed by atoms with van der Waals surface area (Å²) >= 11 is 0. The van der Waals surface area contributed by atoms with E-state index in [0.29, 0.717) is 0 Å². The molecule has 214 valence electrons. The quantitative estimate of drug-likeness (QED) is 0.138. The van der Waals surface area contributed by atoms with Crippen molar-refractivity contribution in [2.75, 3.05) is 13.2 Å². The molecule has 3 fully saturated rings. The largest absolute Gasteiger partial charge is 0.388 e. The monoisotopic (exact) mass is 532 g/mol. The van der Waals surface area contributed by atoms with Crippen LogP contribution in [-0.2, 0) is 23.7 Å². The van der Waals surface area contributed by atoms with Gasteiger partial charge in [-0.2, -0.15) is 0 Å². The normalized spacial score (nSPS) is 49.3. The summed E-state index contributed by atoms with van der Waals surface area (Å²) in [5.41, 5.74) is 0. The minimum atomic E-state index is -3.13. The Labute approximate surface area is 208 Å². The van der Waals surface area contributed by atoms with Crippen LogP contribution in [0.15, 0.2) is 0 Å². The van der Waals surface area contributed by atoms with Gasteiger partial charge in [-0.25, -0.2) is 0 Å². The molecule has 3 saturated heterocycles. The van der Waals surface area contributed by atoms with Gasteiger partial charge in [-0.3, -0.25) is 0 Å². The van der Waals surface area contributed by atoms with Gasteiger partial charge in [0.15, 0.2) is 18.7 Å². The van der Waals surface area contributed by atoms with Crippen LogP contribution in [0.2, 0.25) is 0 Å². The van der Waals surface area contributed by atoms with E-state index in [1.165, 1.54) is 6.92 Å². The van der Waals surface area contributed by atoms with Gasteiger partial charge in [-0.05, 0) is 13.3 Å². The van der Waals surface area contributed by atoms with Crippen molar-refractivity contribution in [1.82, 2.24) is 0 Å². The Balaban J connectivity index is 0.00000456. The highest BCUT2D eigenvalue weighted by molar-refractivity contribution is 4.96. The second-order valence-corrected chi connectivity index (χ2v) is 9.16. The Hall–Kier alpha value is -0.600. The number of hydrogen-bond donors (Lipinski definition) is 10. The third-order valence-electron chi connectivity index (χ3n) is 6.66. The van der Waals surface area contributed by atoms with Gasteiger partial charge in [-0.15, -0.1) is 0 Å². The highest BCUT2D eigenvalue weighted by Crippen LogP contribution is 2.31. The van der Waals surface area contributed by atoms with Crippen molar-refractivity contribution >= 4 is 0 Å². The lowest BCUT2D eigenvalue weighted by atomic mass is 9.94. The standard InChI is InChI=1S/C20H36O15.CH4/c1-3-7-11(22)14(25)15(26)18(34-7)31-5-9-16(27)20(29,30)17(28)19(35-9)32-4-8-12(23)13(24)10(21)6(2)33-8;/h6-19,21-30H,3-5H2,1-2H3;1H4/t6-,7?,8?,9?,10?,11+,12+,13-,14+,15?,16+,17?,18+,19+;/m0./s1. The fourth-order valence-corrected chi connectivity index (χ4v) is 4.28. The van der Waals surface area contributed by atoms with Crippen LogP contribution in [0.4, 0.5) is 0 Å². The van der Waals surface area contributed by atoms with Crippen LogP contribution in [-0.4, -0.2) is 156 Å². The molecule has 10 N–H and O–H groups in total. The molecule has 3 heterocycles. The van der Waals surface area contributed by atoms with Crippen molar-refractivity contribution in [3.05, 3.63) is 0 Å². The van der Waals surface area contributed by atoms with E-state index < -0.39 is 105 Å². The molecule has 14 atom stereocenters. The fraction of sp³-hybridized carbons (Fsp3) is 1.00. The lowest BCUT2D eigenvalue weighted by molar-refractivity contribution is -0.396. The molecule has 0 aromatic rings. The molecule has 0 saturated carbocycles. The van der Waals surface area contributed by atoms with Gasteiger partial charge in [0.1, 0.15) is 54.9 Å². The zero-order valence-electron chi connectivity index (χ0n) is 19.2. The molecule has 3 aliphatic heterocycles. The molecular weight excluding hydrogens is 492 g/mol. The van der Waals surface area contributed by atoms with Crippen LogP contribution >= 0.6 is 0 Å². The molecule has 3 rings (SSSR count). The highest BCUT2D eigenvalue weighted by Gasteiger charge is 2.56. The smallest absolute Gasteiger partial charge is 0.224 e. The predicted molar refractivity (Wildman–Crippen MR) is 116 cm³/mol. The van der Waals surface area contributed by atoms with Crippen LogP contribution in [0, 0.1) is 0 Å². The van der Waals surface area contributed by atoms with Gasteiger partial charge in [0.2, 0.25) is 5.79 Å². The molecule has 3 aliphatic rings. The average molecular weight is 533 g/mol. The molecule has 15 heteroatoms. The van der Waals surface area contributed by atoms with E-state index in [4.69, 9.17) is 23.7 Å². The van der Waals surface area contributed by atoms with Gasteiger partial charge in [0.05, 0.1) is 25.4 Å². The molecule has 0 aromatic carbocycles. The lowest BCUT2D eigenvalue weighted by Gasteiger charge is -2.46. The summed E-state index contributed by atoms with van der Waals surface area (Å²) in [6.07, 6.45) is -20.7. The molecule has 0 spiro atoms. The maximum absolute atomic E-state index is 10.3. The first-order valence-electron chi connectivity index (χ1n) is 11.4. The van der Waals surface area contributed by atoms with E-state index in [2.05, 4.69) is 0 Å². The Bertz CT molecular complexity index is 680. The lowest BCUT2D eigenvalue weighted by Crippen LogP contribution is -2.68. The minimum Gasteiger partial charge on any atom is -0.388 e. The summed E-state index contributed by atoms with van der Waals surface area (Å²) in [6, 6.07) is 0. The van der Waals surface area contributed by atoms with Crippen molar-refractivity contribution in [2.45, 2.75) is 119 Å². The first kappa shape index (κ1) is 31.6. The van der Waals surface area contributed by atoms with E-state index in [0.717, 1.165) is 0 Å². The number of aliphatic hydroxyl groups excluding tert-OH is 8. The third kappa shape index (κ3) is 6.17. The van der Waals surface area contributed by atoms with Crippen molar-refractivity contribution in [2.24, 2.45) is 0 Å². The average Bonchev–Trinajstić information content (AvgIpc) is 2.83. The zero-order chi connectivity index (χ0) is 26.2. The Morgan fingerprint density at radius 1 is 0.611 bits per heavy atom. The highest BCUT2D eigenvalue weighted by atomic mass is 16.7. The van der Waals surface area contributed by atoms with E-state index in [-0.39, 0.29) is 13.8 Å². The van der Waals surface area contributed by atoms with Gasteiger partial charge in [0.25, 0.3) is 0 Å². The van der Waals surface area contributed by atoms with Crippen LogP contribution in [0.25, 0.3) is 0 Å². The molecule has 0 amide bonds. The Morgan fingerprint density at radius 2 is 1.11 bits per heavy atom. The second-order valence-electron chi connectivity index (χ2n) is 9.16. The van der Waals surface area contributed by atoms with Gasteiger partial charge < -0.3 is 74.7 Å². The summed E-state index contributed by atoms with van der Waals surface area (Å²) in [6.45, 7) is 1.99. The van der Waals surface area contributed by atoms with Crippen LogP contribution in [0.5, 0.6) is 0 Å². The molecule has 0 radical (unpaired) electrons. The maximum atomic E-state index is 10.3. The van der Waals surface area contributed by atoms with E-state index >= 15 is 0 Å². The molecule has 6 unspecified atom stereocenters. The Kier molecular flexibility index (Phi) is 11.0. The van der Waals surface area contributed by atoms with Crippen LogP contribution in [0.1, 0.15) is 27.7 Å². The summed E-state index contributed by atoms with van der Waals surface area (Å²) in [7, 11) is 0.